The van der Waals surface area contributed by atoms with Crippen molar-refractivity contribution in [3.05, 3.63) is 12.2 Å². The van der Waals surface area contributed by atoms with Crippen LogP contribution in [0.1, 0.15) is 31.6 Å². The SMILES string of the molecule is CCCn1cnnc1C(N)CCOC. The fourth-order valence-corrected chi connectivity index (χ4v) is 1.34. The predicted octanol–water partition coefficient (Wildman–Crippen LogP) is 0.724. The molecule has 2 N–H and O–H groups in total. The van der Waals surface area contributed by atoms with Crippen LogP contribution >= 0.6 is 0 Å². The zero-order chi connectivity index (χ0) is 10.4. The second-order valence-electron chi connectivity index (χ2n) is 3.27. The first-order chi connectivity index (χ1) is 6.79. The van der Waals surface area contributed by atoms with Gasteiger partial charge in [0.05, 0.1) is 6.04 Å². The van der Waals surface area contributed by atoms with Gasteiger partial charge in [0.15, 0.2) is 0 Å². The molecule has 1 rings (SSSR count). The van der Waals surface area contributed by atoms with Crippen molar-refractivity contribution < 1.29 is 4.74 Å². The second kappa shape index (κ2) is 5.72. The lowest BCUT2D eigenvalue weighted by Crippen LogP contribution is -2.18. The van der Waals surface area contributed by atoms with E-state index in [4.69, 9.17) is 10.5 Å². The summed E-state index contributed by atoms with van der Waals surface area (Å²) in [5.41, 5.74) is 5.95. The summed E-state index contributed by atoms with van der Waals surface area (Å²) in [6, 6.07) is -0.0796. The number of hydrogen-bond acceptors (Lipinski definition) is 4. The zero-order valence-corrected chi connectivity index (χ0v) is 8.81. The highest BCUT2D eigenvalue weighted by atomic mass is 16.5. The van der Waals surface area contributed by atoms with Gasteiger partial charge in [0.2, 0.25) is 0 Å². The van der Waals surface area contributed by atoms with Gasteiger partial charge in [-0.3, -0.25) is 0 Å². The first-order valence-corrected chi connectivity index (χ1v) is 4.91. The van der Waals surface area contributed by atoms with E-state index in [9.17, 15) is 0 Å². The number of nitrogens with zero attached hydrogens (tertiary/aromatic N) is 3. The third-order valence-corrected chi connectivity index (χ3v) is 2.07. The lowest BCUT2D eigenvalue weighted by Gasteiger charge is -2.11. The minimum absolute atomic E-state index is 0.0796. The van der Waals surface area contributed by atoms with E-state index in [2.05, 4.69) is 17.1 Å². The fourth-order valence-electron chi connectivity index (χ4n) is 1.34. The number of aromatic nitrogens is 3. The van der Waals surface area contributed by atoms with Crippen molar-refractivity contribution in [3.63, 3.8) is 0 Å². The van der Waals surface area contributed by atoms with Crippen LogP contribution in [0.5, 0.6) is 0 Å². The number of methoxy groups -OCH3 is 1. The molecule has 0 aliphatic heterocycles. The molecule has 0 aliphatic carbocycles. The molecule has 0 bridgehead atoms. The average molecular weight is 198 g/mol. The van der Waals surface area contributed by atoms with Crippen molar-refractivity contribution >= 4 is 0 Å². The Bertz CT molecular complexity index is 261. The Morgan fingerprint density at radius 3 is 3.07 bits per heavy atom. The van der Waals surface area contributed by atoms with Gasteiger partial charge in [-0.2, -0.15) is 0 Å². The van der Waals surface area contributed by atoms with Gasteiger partial charge in [-0.15, -0.1) is 10.2 Å². The van der Waals surface area contributed by atoms with Crippen LogP contribution in [0.15, 0.2) is 6.33 Å². The summed E-state index contributed by atoms with van der Waals surface area (Å²) in [4.78, 5) is 0. The van der Waals surface area contributed by atoms with Crippen molar-refractivity contribution in [3.8, 4) is 0 Å². The first-order valence-electron chi connectivity index (χ1n) is 4.91. The molecule has 0 amide bonds. The molecule has 1 aromatic heterocycles. The Hall–Kier alpha value is -0.940. The Morgan fingerprint density at radius 1 is 1.64 bits per heavy atom. The van der Waals surface area contributed by atoms with Gasteiger partial charge in [0, 0.05) is 20.3 Å². The predicted molar refractivity (Wildman–Crippen MR) is 53.7 cm³/mol. The van der Waals surface area contributed by atoms with E-state index in [0.717, 1.165) is 25.2 Å². The standard InChI is InChI=1S/C9H18N4O/c1-3-5-13-7-11-12-9(13)8(10)4-6-14-2/h7-8H,3-6,10H2,1-2H3. The van der Waals surface area contributed by atoms with Gasteiger partial charge in [-0.05, 0) is 12.8 Å². The van der Waals surface area contributed by atoms with Gasteiger partial charge in [0.25, 0.3) is 0 Å². The van der Waals surface area contributed by atoms with Crippen molar-refractivity contribution in [2.45, 2.75) is 32.4 Å². The largest absolute Gasteiger partial charge is 0.385 e. The minimum Gasteiger partial charge on any atom is -0.385 e. The van der Waals surface area contributed by atoms with Crippen LogP contribution in [-0.2, 0) is 11.3 Å². The van der Waals surface area contributed by atoms with E-state index in [1.54, 1.807) is 13.4 Å². The summed E-state index contributed by atoms with van der Waals surface area (Å²) < 4.78 is 6.97. The van der Waals surface area contributed by atoms with Crippen LogP contribution in [0.4, 0.5) is 0 Å². The number of rotatable bonds is 6. The Morgan fingerprint density at radius 2 is 2.43 bits per heavy atom. The van der Waals surface area contributed by atoms with Gasteiger partial charge >= 0.3 is 0 Å². The van der Waals surface area contributed by atoms with E-state index in [1.165, 1.54) is 0 Å². The van der Waals surface area contributed by atoms with Gasteiger partial charge in [0.1, 0.15) is 12.2 Å². The molecule has 1 atom stereocenters. The highest BCUT2D eigenvalue weighted by molar-refractivity contribution is 4.93. The van der Waals surface area contributed by atoms with Crippen LogP contribution in [0.3, 0.4) is 0 Å². The molecule has 0 spiro atoms. The molecule has 1 aromatic rings. The molecule has 5 heteroatoms. The van der Waals surface area contributed by atoms with Crippen molar-refractivity contribution in [1.82, 2.24) is 14.8 Å². The molecule has 0 radical (unpaired) electrons. The number of nitrogens with two attached hydrogens (primary N) is 1. The molecular formula is C9H18N4O. The average Bonchev–Trinajstić information content (AvgIpc) is 2.63. The minimum atomic E-state index is -0.0796. The third-order valence-electron chi connectivity index (χ3n) is 2.07. The van der Waals surface area contributed by atoms with Crippen LogP contribution in [0.2, 0.25) is 0 Å². The molecule has 0 fully saturated rings. The van der Waals surface area contributed by atoms with Crippen LogP contribution < -0.4 is 5.73 Å². The van der Waals surface area contributed by atoms with Crippen LogP contribution in [0, 0.1) is 0 Å². The van der Waals surface area contributed by atoms with Crippen molar-refractivity contribution in [1.29, 1.82) is 0 Å². The molecule has 14 heavy (non-hydrogen) atoms. The topological polar surface area (TPSA) is 66.0 Å². The number of ether oxygens (including phenoxy) is 1. The smallest absolute Gasteiger partial charge is 0.149 e. The molecule has 0 aromatic carbocycles. The molecular weight excluding hydrogens is 180 g/mol. The van der Waals surface area contributed by atoms with Gasteiger partial charge in [-0.1, -0.05) is 6.92 Å². The molecule has 0 saturated heterocycles. The Labute approximate surface area is 84.3 Å². The van der Waals surface area contributed by atoms with Crippen molar-refractivity contribution in [2.75, 3.05) is 13.7 Å². The summed E-state index contributed by atoms with van der Waals surface area (Å²) >= 11 is 0. The summed E-state index contributed by atoms with van der Waals surface area (Å²) in [5, 5.41) is 7.88. The maximum absolute atomic E-state index is 5.95. The quantitative estimate of drug-likeness (QED) is 0.731. The lowest BCUT2D eigenvalue weighted by molar-refractivity contribution is 0.186. The molecule has 5 nitrogen and oxygen atoms in total. The summed E-state index contributed by atoms with van der Waals surface area (Å²) in [7, 11) is 1.67. The first kappa shape index (κ1) is 11.1. The Kier molecular flexibility index (Phi) is 4.55. The highest BCUT2D eigenvalue weighted by Gasteiger charge is 2.12. The molecule has 1 heterocycles. The summed E-state index contributed by atoms with van der Waals surface area (Å²) in [5.74, 6) is 0.851. The van der Waals surface area contributed by atoms with E-state index in [-0.39, 0.29) is 6.04 Å². The van der Waals surface area contributed by atoms with E-state index < -0.39 is 0 Å². The van der Waals surface area contributed by atoms with E-state index in [1.807, 2.05) is 4.57 Å². The molecule has 80 valence electrons. The van der Waals surface area contributed by atoms with Crippen molar-refractivity contribution in [2.24, 2.45) is 5.73 Å². The lowest BCUT2D eigenvalue weighted by atomic mass is 10.2. The Balaban J connectivity index is 2.58. The van der Waals surface area contributed by atoms with E-state index >= 15 is 0 Å². The normalized spacial score (nSPS) is 13.1. The maximum Gasteiger partial charge on any atom is 0.149 e. The molecule has 0 aliphatic rings. The zero-order valence-electron chi connectivity index (χ0n) is 8.81. The monoisotopic (exact) mass is 198 g/mol. The van der Waals surface area contributed by atoms with Gasteiger partial charge < -0.3 is 15.0 Å². The highest BCUT2D eigenvalue weighted by Crippen LogP contribution is 2.11. The third kappa shape index (κ3) is 2.78. The van der Waals surface area contributed by atoms with E-state index in [0.29, 0.717) is 6.61 Å². The van der Waals surface area contributed by atoms with Gasteiger partial charge in [-0.25, -0.2) is 0 Å². The van der Waals surface area contributed by atoms with Crippen LogP contribution in [-0.4, -0.2) is 28.5 Å². The summed E-state index contributed by atoms with van der Waals surface area (Å²) in [6.07, 6.45) is 3.56. The summed E-state index contributed by atoms with van der Waals surface area (Å²) in [6.45, 7) is 3.69. The number of hydrogen-bond donors (Lipinski definition) is 1. The fraction of sp³-hybridized carbons (Fsp3) is 0.778. The maximum atomic E-state index is 5.95. The molecule has 0 saturated carbocycles. The molecule has 1 unspecified atom stereocenters. The second-order valence-corrected chi connectivity index (χ2v) is 3.27. The number of aryl methyl sites for hydroxylation is 1. The van der Waals surface area contributed by atoms with Crippen LogP contribution in [0.25, 0.3) is 0 Å².